The van der Waals surface area contributed by atoms with Gasteiger partial charge < -0.3 is 10.6 Å². The zero-order valence-electron chi connectivity index (χ0n) is 11.8. The summed E-state index contributed by atoms with van der Waals surface area (Å²) in [5.74, 6) is 0.875. The number of unbranched alkanes of at least 4 members (excludes halogenated alkanes) is 3. The van der Waals surface area contributed by atoms with Crippen molar-refractivity contribution in [3.63, 3.8) is 0 Å². The summed E-state index contributed by atoms with van der Waals surface area (Å²) in [4.78, 5) is 0. The highest BCUT2D eigenvalue weighted by Crippen LogP contribution is 2.08. The van der Waals surface area contributed by atoms with Gasteiger partial charge in [0.1, 0.15) is 0 Å². The fourth-order valence-corrected chi connectivity index (χ4v) is 1.73. The van der Waals surface area contributed by atoms with Gasteiger partial charge in [0.2, 0.25) is 0 Å². The molecule has 0 unspecified atom stereocenters. The molecule has 0 fully saturated rings. The lowest BCUT2D eigenvalue weighted by Crippen LogP contribution is -2.31. The fraction of sp³-hybridized carbons (Fsp3) is 1.00. The quantitative estimate of drug-likeness (QED) is 0.531. The Morgan fingerprint density at radius 2 is 1.44 bits per heavy atom. The summed E-state index contributed by atoms with van der Waals surface area (Å²) in [6.45, 7) is 12.4. The van der Waals surface area contributed by atoms with Crippen LogP contribution in [0.5, 0.6) is 0 Å². The van der Waals surface area contributed by atoms with Gasteiger partial charge in [-0.05, 0) is 18.9 Å². The van der Waals surface area contributed by atoms with Crippen molar-refractivity contribution in [2.24, 2.45) is 5.92 Å². The number of hydrogen-bond acceptors (Lipinski definition) is 2. The summed E-state index contributed by atoms with van der Waals surface area (Å²) in [6, 6.07) is 0.609. The van der Waals surface area contributed by atoms with E-state index in [0.717, 1.165) is 19.0 Å². The standard InChI is InChI=1S/C14H32N2/c1-13(2)9-7-5-6-8-10-15-11-12-16-14(3)4/h13-16H,5-12H2,1-4H3. The topological polar surface area (TPSA) is 24.1 Å². The molecular weight excluding hydrogens is 196 g/mol. The zero-order valence-corrected chi connectivity index (χ0v) is 11.8. The summed E-state index contributed by atoms with van der Waals surface area (Å²) in [7, 11) is 0. The molecule has 0 aliphatic carbocycles. The highest BCUT2D eigenvalue weighted by Gasteiger charge is 1.95. The van der Waals surface area contributed by atoms with Crippen LogP contribution < -0.4 is 10.6 Å². The average Bonchev–Trinajstić information content (AvgIpc) is 2.20. The van der Waals surface area contributed by atoms with Crippen molar-refractivity contribution in [1.29, 1.82) is 0 Å². The smallest absolute Gasteiger partial charge is 0.00790 e. The van der Waals surface area contributed by atoms with Gasteiger partial charge in [-0.1, -0.05) is 53.4 Å². The molecule has 0 aromatic heterocycles. The maximum absolute atomic E-state index is 3.48. The second kappa shape index (κ2) is 11.4. The Balaban J connectivity index is 2.93. The Hall–Kier alpha value is -0.0800. The molecule has 0 aliphatic heterocycles. The molecular formula is C14H32N2. The fourth-order valence-electron chi connectivity index (χ4n) is 1.73. The highest BCUT2D eigenvalue weighted by molar-refractivity contribution is 4.56. The molecule has 0 saturated carbocycles. The van der Waals surface area contributed by atoms with E-state index in [1.807, 2.05) is 0 Å². The maximum Gasteiger partial charge on any atom is 0.00790 e. The summed E-state index contributed by atoms with van der Waals surface area (Å²) in [5.41, 5.74) is 0. The second-order valence-electron chi connectivity index (χ2n) is 5.46. The van der Waals surface area contributed by atoms with Gasteiger partial charge in [-0.15, -0.1) is 0 Å². The predicted octanol–water partition coefficient (Wildman–Crippen LogP) is 3.18. The third kappa shape index (κ3) is 13.9. The molecule has 0 aromatic carbocycles. The van der Waals surface area contributed by atoms with Crippen molar-refractivity contribution in [3.05, 3.63) is 0 Å². The Kier molecular flexibility index (Phi) is 11.3. The molecule has 0 amide bonds. The van der Waals surface area contributed by atoms with Gasteiger partial charge >= 0.3 is 0 Å². The van der Waals surface area contributed by atoms with Gasteiger partial charge in [0.05, 0.1) is 0 Å². The molecule has 2 nitrogen and oxygen atoms in total. The summed E-state index contributed by atoms with van der Waals surface area (Å²) >= 11 is 0. The summed E-state index contributed by atoms with van der Waals surface area (Å²) < 4.78 is 0. The second-order valence-corrected chi connectivity index (χ2v) is 5.46. The van der Waals surface area contributed by atoms with Gasteiger partial charge in [0.15, 0.2) is 0 Å². The molecule has 0 atom stereocenters. The van der Waals surface area contributed by atoms with E-state index in [-0.39, 0.29) is 0 Å². The molecule has 0 saturated heterocycles. The SMILES string of the molecule is CC(C)CCCCCCNCCNC(C)C. The predicted molar refractivity (Wildman–Crippen MR) is 73.9 cm³/mol. The van der Waals surface area contributed by atoms with Gasteiger partial charge in [-0.25, -0.2) is 0 Å². The Bertz CT molecular complexity index is 117. The molecule has 2 heteroatoms. The molecule has 98 valence electrons. The third-order valence-corrected chi connectivity index (χ3v) is 2.74. The minimum Gasteiger partial charge on any atom is -0.315 e. The first-order chi connectivity index (χ1) is 7.63. The lowest BCUT2D eigenvalue weighted by molar-refractivity contribution is 0.506. The average molecular weight is 228 g/mol. The number of nitrogens with one attached hydrogen (secondary N) is 2. The molecule has 0 rings (SSSR count). The number of hydrogen-bond donors (Lipinski definition) is 2. The molecule has 0 heterocycles. The minimum absolute atomic E-state index is 0.609. The first-order valence-electron chi connectivity index (χ1n) is 7.07. The lowest BCUT2D eigenvalue weighted by Gasteiger charge is -2.09. The zero-order chi connectivity index (χ0) is 12.2. The van der Waals surface area contributed by atoms with Crippen LogP contribution in [-0.4, -0.2) is 25.7 Å². The van der Waals surface area contributed by atoms with E-state index in [4.69, 9.17) is 0 Å². The van der Waals surface area contributed by atoms with E-state index in [1.54, 1.807) is 0 Å². The largest absolute Gasteiger partial charge is 0.315 e. The normalized spacial score (nSPS) is 11.6. The molecule has 16 heavy (non-hydrogen) atoms. The van der Waals surface area contributed by atoms with E-state index in [0.29, 0.717) is 6.04 Å². The van der Waals surface area contributed by atoms with Crippen LogP contribution >= 0.6 is 0 Å². The third-order valence-electron chi connectivity index (χ3n) is 2.74. The van der Waals surface area contributed by atoms with Gasteiger partial charge in [0.25, 0.3) is 0 Å². The number of rotatable bonds is 11. The molecule has 0 spiro atoms. The first-order valence-corrected chi connectivity index (χ1v) is 7.07. The van der Waals surface area contributed by atoms with Crippen LogP contribution in [0, 0.1) is 5.92 Å². The molecule has 0 radical (unpaired) electrons. The molecule has 2 N–H and O–H groups in total. The Morgan fingerprint density at radius 1 is 0.750 bits per heavy atom. The summed E-state index contributed by atoms with van der Waals surface area (Å²) in [6.07, 6.45) is 6.93. The van der Waals surface area contributed by atoms with Gasteiger partial charge in [-0.2, -0.15) is 0 Å². The van der Waals surface area contributed by atoms with E-state index in [2.05, 4.69) is 38.3 Å². The van der Waals surface area contributed by atoms with Crippen LogP contribution in [0.15, 0.2) is 0 Å². The van der Waals surface area contributed by atoms with E-state index in [1.165, 1.54) is 38.6 Å². The van der Waals surface area contributed by atoms with Gasteiger partial charge in [0, 0.05) is 19.1 Å². The van der Waals surface area contributed by atoms with Crippen LogP contribution in [0.1, 0.15) is 59.8 Å². The molecule has 0 aromatic rings. The van der Waals surface area contributed by atoms with Crippen molar-refractivity contribution in [2.45, 2.75) is 65.8 Å². The van der Waals surface area contributed by atoms with Crippen molar-refractivity contribution >= 4 is 0 Å². The Morgan fingerprint density at radius 3 is 2.06 bits per heavy atom. The molecule has 0 bridgehead atoms. The highest BCUT2D eigenvalue weighted by atomic mass is 14.9. The maximum atomic E-state index is 3.48. The van der Waals surface area contributed by atoms with Crippen LogP contribution in [-0.2, 0) is 0 Å². The van der Waals surface area contributed by atoms with Crippen molar-refractivity contribution < 1.29 is 0 Å². The van der Waals surface area contributed by atoms with Crippen LogP contribution in [0.25, 0.3) is 0 Å². The minimum atomic E-state index is 0.609. The lowest BCUT2D eigenvalue weighted by atomic mass is 10.0. The van der Waals surface area contributed by atoms with Crippen LogP contribution in [0.2, 0.25) is 0 Å². The van der Waals surface area contributed by atoms with Crippen LogP contribution in [0.4, 0.5) is 0 Å². The summed E-state index contributed by atoms with van der Waals surface area (Å²) in [5, 5.41) is 6.88. The van der Waals surface area contributed by atoms with Crippen LogP contribution in [0.3, 0.4) is 0 Å². The van der Waals surface area contributed by atoms with Crippen molar-refractivity contribution in [2.75, 3.05) is 19.6 Å². The monoisotopic (exact) mass is 228 g/mol. The van der Waals surface area contributed by atoms with E-state index >= 15 is 0 Å². The van der Waals surface area contributed by atoms with Crippen molar-refractivity contribution in [1.82, 2.24) is 10.6 Å². The Labute approximate surface area is 103 Å². The molecule has 0 aliphatic rings. The van der Waals surface area contributed by atoms with E-state index in [9.17, 15) is 0 Å². The first kappa shape index (κ1) is 15.9. The van der Waals surface area contributed by atoms with Crippen molar-refractivity contribution in [3.8, 4) is 0 Å². The van der Waals surface area contributed by atoms with Gasteiger partial charge in [-0.3, -0.25) is 0 Å². The van der Waals surface area contributed by atoms with E-state index < -0.39 is 0 Å².